The largest absolute Gasteiger partial charge is 0.382 e. The smallest absolute Gasteiger partial charge is 0.147 e. The standard InChI is InChI=1S/C18H28O4/c1-3-4-6-11-18(22-16-20-13-12-19-2)15-21-14-17-9-7-5-8-10-17/h4-10,18H,3,11-16H2,1-2H3/b6-4+/t18-/m1/s1. The van der Waals surface area contributed by atoms with Crippen molar-refractivity contribution in [2.24, 2.45) is 0 Å². The van der Waals surface area contributed by atoms with Crippen molar-refractivity contribution in [2.45, 2.75) is 32.5 Å². The van der Waals surface area contributed by atoms with Gasteiger partial charge in [0.15, 0.2) is 0 Å². The summed E-state index contributed by atoms with van der Waals surface area (Å²) in [6.45, 7) is 4.65. The normalized spacial score (nSPS) is 12.8. The van der Waals surface area contributed by atoms with Crippen molar-refractivity contribution >= 4 is 0 Å². The summed E-state index contributed by atoms with van der Waals surface area (Å²) in [6.07, 6.45) is 6.14. The highest BCUT2D eigenvalue weighted by molar-refractivity contribution is 5.13. The highest BCUT2D eigenvalue weighted by atomic mass is 16.7. The van der Waals surface area contributed by atoms with Gasteiger partial charge in [0.25, 0.3) is 0 Å². The van der Waals surface area contributed by atoms with Crippen LogP contribution in [-0.4, -0.2) is 39.8 Å². The third-order valence-electron chi connectivity index (χ3n) is 3.04. The summed E-state index contributed by atoms with van der Waals surface area (Å²) in [4.78, 5) is 0. The topological polar surface area (TPSA) is 36.9 Å². The molecule has 0 aliphatic rings. The third kappa shape index (κ3) is 9.68. The first-order chi connectivity index (χ1) is 10.9. The minimum atomic E-state index is 0.00839. The van der Waals surface area contributed by atoms with Gasteiger partial charge in [0.2, 0.25) is 0 Å². The molecular weight excluding hydrogens is 280 g/mol. The molecule has 4 nitrogen and oxygen atoms in total. The predicted molar refractivity (Wildman–Crippen MR) is 87.7 cm³/mol. The van der Waals surface area contributed by atoms with Crippen molar-refractivity contribution in [3.05, 3.63) is 48.0 Å². The molecule has 0 saturated carbocycles. The Bertz CT molecular complexity index is 378. The summed E-state index contributed by atoms with van der Waals surface area (Å²) >= 11 is 0. The fourth-order valence-electron chi connectivity index (χ4n) is 1.83. The van der Waals surface area contributed by atoms with Gasteiger partial charge in [-0.15, -0.1) is 0 Å². The summed E-state index contributed by atoms with van der Waals surface area (Å²) in [5, 5.41) is 0. The van der Waals surface area contributed by atoms with E-state index >= 15 is 0 Å². The molecule has 0 N–H and O–H groups in total. The molecule has 0 radical (unpaired) electrons. The lowest BCUT2D eigenvalue weighted by molar-refractivity contribution is -0.116. The average molecular weight is 308 g/mol. The van der Waals surface area contributed by atoms with Crippen molar-refractivity contribution in [1.82, 2.24) is 0 Å². The number of ether oxygens (including phenoxy) is 4. The highest BCUT2D eigenvalue weighted by Gasteiger charge is 2.08. The summed E-state index contributed by atoms with van der Waals surface area (Å²) < 4.78 is 21.7. The number of rotatable bonds is 13. The molecule has 1 rings (SSSR count). The molecule has 0 bridgehead atoms. The fraction of sp³-hybridized carbons (Fsp3) is 0.556. The van der Waals surface area contributed by atoms with Gasteiger partial charge in [-0.3, -0.25) is 0 Å². The first-order valence-electron chi connectivity index (χ1n) is 7.81. The molecule has 0 aliphatic heterocycles. The lowest BCUT2D eigenvalue weighted by atomic mass is 10.2. The van der Waals surface area contributed by atoms with Crippen LogP contribution in [0.25, 0.3) is 0 Å². The van der Waals surface area contributed by atoms with Gasteiger partial charge in [0, 0.05) is 7.11 Å². The average Bonchev–Trinajstić information content (AvgIpc) is 2.55. The fourth-order valence-corrected chi connectivity index (χ4v) is 1.83. The SMILES string of the molecule is CC/C=C/C[C@H](COCc1ccccc1)OCOCCOC. The van der Waals surface area contributed by atoms with E-state index in [4.69, 9.17) is 18.9 Å². The molecule has 0 aliphatic carbocycles. The van der Waals surface area contributed by atoms with Crippen LogP contribution in [0.15, 0.2) is 42.5 Å². The molecule has 0 amide bonds. The van der Waals surface area contributed by atoms with Gasteiger partial charge in [0.1, 0.15) is 6.79 Å². The molecule has 22 heavy (non-hydrogen) atoms. The molecule has 4 heteroatoms. The van der Waals surface area contributed by atoms with Crippen molar-refractivity contribution in [3.63, 3.8) is 0 Å². The van der Waals surface area contributed by atoms with Gasteiger partial charge in [-0.2, -0.15) is 0 Å². The van der Waals surface area contributed by atoms with Crippen molar-refractivity contribution in [1.29, 1.82) is 0 Å². The molecule has 1 atom stereocenters. The molecule has 0 heterocycles. The second-order valence-corrected chi connectivity index (χ2v) is 4.92. The Morgan fingerprint density at radius 3 is 2.59 bits per heavy atom. The summed E-state index contributed by atoms with van der Waals surface area (Å²) in [7, 11) is 1.65. The monoisotopic (exact) mass is 308 g/mol. The molecule has 0 aromatic heterocycles. The quantitative estimate of drug-likeness (QED) is 0.317. The summed E-state index contributed by atoms with van der Waals surface area (Å²) in [6, 6.07) is 10.1. The van der Waals surface area contributed by atoms with Crippen molar-refractivity contribution in [3.8, 4) is 0 Å². The lowest BCUT2D eigenvalue weighted by Crippen LogP contribution is -2.21. The maximum Gasteiger partial charge on any atom is 0.147 e. The Morgan fingerprint density at radius 2 is 1.86 bits per heavy atom. The van der Waals surface area contributed by atoms with E-state index in [1.165, 1.54) is 5.56 Å². The van der Waals surface area contributed by atoms with Gasteiger partial charge >= 0.3 is 0 Å². The minimum Gasteiger partial charge on any atom is -0.382 e. The summed E-state index contributed by atoms with van der Waals surface area (Å²) in [5.74, 6) is 0. The Hall–Kier alpha value is -1.20. The third-order valence-corrected chi connectivity index (χ3v) is 3.04. The van der Waals surface area contributed by atoms with Crippen LogP contribution in [-0.2, 0) is 25.6 Å². The predicted octanol–water partition coefficient (Wildman–Crippen LogP) is 3.57. The van der Waals surface area contributed by atoms with Crippen LogP contribution in [0.4, 0.5) is 0 Å². The van der Waals surface area contributed by atoms with Crippen LogP contribution in [0.1, 0.15) is 25.3 Å². The molecular formula is C18H28O4. The number of benzene rings is 1. The van der Waals surface area contributed by atoms with Crippen LogP contribution < -0.4 is 0 Å². The minimum absolute atomic E-state index is 0.00839. The van der Waals surface area contributed by atoms with Crippen LogP contribution >= 0.6 is 0 Å². The van der Waals surface area contributed by atoms with E-state index in [0.717, 1.165) is 12.8 Å². The van der Waals surface area contributed by atoms with Crippen LogP contribution in [0, 0.1) is 0 Å². The van der Waals surface area contributed by atoms with Gasteiger partial charge < -0.3 is 18.9 Å². The van der Waals surface area contributed by atoms with Gasteiger partial charge in [-0.05, 0) is 18.4 Å². The number of methoxy groups -OCH3 is 1. The van der Waals surface area contributed by atoms with Gasteiger partial charge in [-0.1, -0.05) is 49.4 Å². The maximum atomic E-state index is 5.75. The molecule has 0 spiro atoms. The molecule has 1 aromatic rings. The van der Waals surface area contributed by atoms with E-state index in [2.05, 4.69) is 31.2 Å². The first-order valence-corrected chi connectivity index (χ1v) is 7.81. The number of hydrogen-bond acceptors (Lipinski definition) is 4. The zero-order valence-corrected chi connectivity index (χ0v) is 13.7. The molecule has 0 saturated heterocycles. The van der Waals surface area contributed by atoms with E-state index < -0.39 is 0 Å². The number of hydrogen-bond donors (Lipinski definition) is 0. The molecule has 124 valence electrons. The summed E-state index contributed by atoms with van der Waals surface area (Å²) in [5.41, 5.74) is 1.17. The van der Waals surface area contributed by atoms with Gasteiger partial charge in [-0.25, -0.2) is 0 Å². The molecule has 1 aromatic carbocycles. The first kappa shape index (κ1) is 18.8. The maximum absolute atomic E-state index is 5.75. The van der Waals surface area contributed by atoms with E-state index in [-0.39, 0.29) is 12.9 Å². The van der Waals surface area contributed by atoms with E-state index in [9.17, 15) is 0 Å². The molecule has 0 unspecified atom stereocenters. The Balaban J connectivity index is 2.25. The van der Waals surface area contributed by atoms with Crippen molar-refractivity contribution < 1.29 is 18.9 Å². The zero-order chi connectivity index (χ0) is 15.9. The molecule has 0 fully saturated rings. The van der Waals surface area contributed by atoms with E-state index in [1.807, 2.05) is 18.2 Å². The van der Waals surface area contributed by atoms with E-state index in [0.29, 0.717) is 26.4 Å². The zero-order valence-electron chi connectivity index (χ0n) is 13.7. The Labute approximate surface area is 134 Å². The Kier molecular flexibility index (Phi) is 11.5. The van der Waals surface area contributed by atoms with Crippen molar-refractivity contribution in [2.75, 3.05) is 33.7 Å². The second-order valence-electron chi connectivity index (χ2n) is 4.92. The Morgan fingerprint density at radius 1 is 1.05 bits per heavy atom. The lowest BCUT2D eigenvalue weighted by Gasteiger charge is -2.17. The van der Waals surface area contributed by atoms with Crippen LogP contribution in [0.2, 0.25) is 0 Å². The number of allylic oxidation sites excluding steroid dienone is 1. The van der Waals surface area contributed by atoms with Crippen LogP contribution in [0.3, 0.4) is 0 Å². The van der Waals surface area contributed by atoms with Gasteiger partial charge in [0.05, 0.1) is 32.5 Å². The highest BCUT2D eigenvalue weighted by Crippen LogP contribution is 2.06. The van der Waals surface area contributed by atoms with E-state index in [1.54, 1.807) is 7.11 Å². The second kappa shape index (κ2) is 13.5. The van der Waals surface area contributed by atoms with Crippen LogP contribution in [0.5, 0.6) is 0 Å².